The van der Waals surface area contributed by atoms with Crippen LogP contribution >= 0.6 is 0 Å². The molecule has 0 aliphatic rings. The van der Waals surface area contributed by atoms with E-state index in [9.17, 15) is 4.79 Å². The molecule has 0 amide bonds. The minimum absolute atomic E-state index is 0.216. The number of methoxy groups -OCH3 is 3. The van der Waals surface area contributed by atoms with Gasteiger partial charge in [-0.15, -0.1) is 0 Å². The Morgan fingerprint density at radius 3 is 2.12 bits per heavy atom. The topological polar surface area (TPSA) is 73.4 Å². The van der Waals surface area contributed by atoms with E-state index in [1.165, 1.54) is 26.9 Å². The fourth-order valence-corrected chi connectivity index (χ4v) is 3.83. The van der Waals surface area contributed by atoms with Gasteiger partial charge in [0.15, 0.2) is 17.3 Å². The lowest BCUT2D eigenvalue weighted by Crippen LogP contribution is -2.06. The highest BCUT2D eigenvalue weighted by molar-refractivity contribution is 6.32. The van der Waals surface area contributed by atoms with Gasteiger partial charge >= 0.3 is 0 Å². The van der Waals surface area contributed by atoms with Gasteiger partial charge in [-0.2, -0.15) is 0 Å². The van der Waals surface area contributed by atoms with Gasteiger partial charge in [0.1, 0.15) is 5.82 Å². The second-order valence-corrected chi connectivity index (χ2v) is 8.23. The van der Waals surface area contributed by atoms with Crippen LogP contribution in [0.1, 0.15) is 47.1 Å². The Morgan fingerprint density at radius 1 is 0.912 bits per heavy atom. The summed E-state index contributed by atoms with van der Waals surface area (Å²) in [4.78, 5) is 21.8. The van der Waals surface area contributed by atoms with Crippen molar-refractivity contribution in [1.29, 1.82) is 0 Å². The Hall–Kier alpha value is -4.06. The van der Waals surface area contributed by atoms with Gasteiger partial charge in [-0.25, -0.2) is 4.98 Å². The average molecular weight is 457 g/mol. The van der Waals surface area contributed by atoms with Crippen molar-refractivity contribution < 1.29 is 19.0 Å². The molecule has 0 aliphatic heterocycles. The zero-order valence-electron chi connectivity index (χ0n) is 20.0. The molecule has 0 spiro atoms. The first-order chi connectivity index (χ1) is 16.4. The molecule has 34 heavy (non-hydrogen) atoms. The molecule has 0 fully saturated rings. The summed E-state index contributed by atoms with van der Waals surface area (Å²) in [6.45, 7) is 4.30. The van der Waals surface area contributed by atoms with Crippen molar-refractivity contribution in [3.63, 3.8) is 0 Å². The van der Waals surface area contributed by atoms with Gasteiger partial charge in [0.05, 0.1) is 37.9 Å². The molecule has 0 atom stereocenters. The second-order valence-electron chi connectivity index (χ2n) is 8.23. The molecule has 0 aliphatic carbocycles. The number of carbonyl (C=O) groups excluding carboxylic acids is 1. The number of ether oxygens (including phenoxy) is 3. The standard InChI is InChI=1S/C28H28N2O4/c1-17(2)19-12-10-18(11-13-19)14-21(28-29-22-8-6-7-9-23(22)30-28)26(31)20-15-24(32-3)27(34-5)25(16-20)33-4/h6-17H,1-5H3,(H,29,30)/b21-14+. The second kappa shape index (κ2) is 9.83. The molecule has 0 unspecified atom stereocenters. The maximum Gasteiger partial charge on any atom is 0.203 e. The summed E-state index contributed by atoms with van der Waals surface area (Å²) in [7, 11) is 4.58. The number of fused-ring (bicyclic) bond motifs is 1. The predicted molar refractivity (Wildman–Crippen MR) is 135 cm³/mol. The summed E-state index contributed by atoms with van der Waals surface area (Å²) < 4.78 is 16.3. The highest BCUT2D eigenvalue weighted by atomic mass is 16.5. The number of rotatable bonds is 8. The zero-order valence-corrected chi connectivity index (χ0v) is 20.0. The summed E-state index contributed by atoms with van der Waals surface area (Å²) in [6, 6.07) is 19.2. The van der Waals surface area contributed by atoms with Gasteiger partial charge in [-0.05, 0) is 47.4 Å². The van der Waals surface area contributed by atoms with Gasteiger partial charge < -0.3 is 19.2 Å². The molecule has 3 aromatic carbocycles. The highest BCUT2D eigenvalue weighted by Crippen LogP contribution is 2.39. The number of allylic oxidation sites excluding steroid dienone is 1. The van der Waals surface area contributed by atoms with Crippen molar-refractivity contribution in [2.24, 2.45) is 0 Å². The van der Waals surface area contributed by atoms with Crippen LogP contribution in [0.25, 0.3) is 22.7 Å². The van der Waals surface area contributed by atoms with Crippen LogP contribution in [-0.4, -0.2) is 37.1 Å². The first-order valence-corrected chi connectivity index (χ1v) is 11.1. The molecule has 174 valence electrons. The first kappa shape index (κ1) is 23.1. The number of nitrogens with zero attached hydrogens (tertiary/aromatic N) is 1. The van der Waals surface area contributed by atoms with Crippen LogP contribution in [0.15, 0.2) is 60.7 Å². The molecule has 0 saturated heterocycles. The van der Waals surface area contributed by atoms with Gasteiger partial charge in [0.2, 0.25) is 5.75 Å². The van der Waals surface area contributed by atoms with Crippen molar-refractivity contribution in [3.8, 4) is 17.2 Å². The molecule has 1 N–H and O–H groups in total. The quantitative estimate of drug-likeness (QED) is 0.255. The summed E-state index contributed by atoms with van der Waals surface area (Å²) in [5, 5.41) is 0. The number of hydrogen-bond donors (Lipinski definition) is 1. The third-order valence-electron chi connectivity index (χ3n) is 5.73. The van der Waals surface area contributed by atoms with Gasteiger partial charge in [-0.3, -0.25) is 4.79 Å². The molecule has 0 saturated carbocycles. The average Bonchev–Trinajstić information content (AvgIpc) is 3.30. The molecule has 4 rings (SSSR count). The van der Waals surface area contributed by atoms with Gasteiger partial charge in [0.25, 0.3) is 0 Å². The Balaban J connectivity index is 1.86. The minimum Gasteiger partial charge on any atom is -0.493 e. The number of nitrogens with one attached hydrogen (secondary N) is 1. The van der Waals surface area contributed by atoms with Crippen molar-refractivity contribution >= 4 is 28.5 Å². The van der Waals surface area contributed by atoms with Crippen LogP contribution in [0.4, 0.5) is 0 Å². The molecule has 4 aromatic rings. The molecule has 0 radical (unpaired) electrons. The van der Waals surface area contributed by atoms with Crippen LogP contribution < -0.4 is 14.2 Å². The van der Waals surface area contributed by atoms with Crippen LogP contribution in [0, 0.1) is 0 Å². The van der Waals surface area contributed by atoms with Crippen LogP contribution in [0.3, 0.4) is 0 Å². The Morgan fingerprint density at radius 2 is 1.56 bits per heavy atom. The van der Waals surface area contributed by atoms with Crippen molar-refractivity contribution in [3.05, 3.63) is 83.2 Å². The van der Waals surface area contributed by atoms with E-state index in [-0.39, 0.29) is 5.78 Å². The number of aromatic amines is 1. The molecule has 0 bridgehead atoms. The lowest BCUT2D eigenvalue weighted by molar-refractivity contribution is 0.105. The number of ketones is 1. The number of aromatic nitrogens is 2. The molecule has 1 heterocycles. The van der Waals surface area contributed by atoms with Crippen molar-refractivity contribution in [2.45, 2.75) is 19.8 Å². The van der Waals surface area contributed by atoms with E-state index < -0.39 is 0 Å². The van der Waals surface area contributed by atoms with Gasteiger partial charge in [0, 0.05) is 5.56 Å². The fourth-order valence-electron chi connectivity index (χ4n) is 3.83. The molecular weight excluding hydrogens is 428 g/mol. The van der Waals surface area contributed by atoms with E-state index in [0.717, 1.165) is 16.6 Å². The summed E-state index contributed by atoms with van der Waals surface area (Å²) in [5.74, 6) is 1.96. The molecular formula is C28H28N2O4. The number of hydrogen-bond acceptors (Lipinski definition) is 5. The third kappa shape index (κ3) is 4.53. The number of para-hydroxylation sites is 2. The number of benzene rings is 3. The normalized spacial score (nSPS) is 11.6. The Kier molecular flexibility index (Phi) is 6.68. The summed E-state index contributed by atoms with van der Waals surface area (Å²) >= 11 is 0. The largest absolute Gasteiger partial charge is 0.493 e. The van der Waals surface area contributed by atoms with Crippen molar-refractivity contribution in [1.82, 2.24) is 9.97 Å². The Bertz CT molecular complexity index is 1290. The van der Waals surface area contributed by atoms with Crippen LogP contribution in [0.5, 0.6) is 17.2 Å². The molecule has 6 heteroatoms. The lowest BCUT2D eigenvalue weighted by Gasteiger charge is -2.14. The van der Waals surface area contributed by atoms with Crippen LogP contribution in [-0.2, 0) is 0 Å². The minimum atomic E-state index is -0.216. The highest BCUT2D eigenvalue weighted by Gasteiger charge is 2.22. The maximum absolute atomic E-state index is 13.9. The zero-order chi connectivity index (χ0) is 24.2. The maximum atomic E-state index is 13.9. The van der Waals surface area contributed by atoms with E-state index in [1.807, 2.05) is 42.5 Å². The smallest absolute Gasteiger partial charge is 0.203 e. The molecule has 6 nitrogen and oxygen atoms in total. The fraction of sp³-hybridized carbons (Fsp3) is 0.214. The van der Waals surface area contributed by atoms with E-state index >= 15 is 0 Å². The monoisotopic (exact) mass is 456 g/mol. The van der Waals surface area contributed by atoms with Gasteiger partial charge in [-0.1, -0.05) is 50.2 Å². The van der Waals surface area contributed by atoms with E-state index in [2.05, 4.69) is 35.9 Å². The number of imidazole rings is 1. The third-order valence-corrected chi connectivity index (χ3v) is 5.73. The van der Waals surface area contributed by atoms with E-state index in [1.54, 1.807) is 12.1 Å². The lowest BCUT2D eigenvalue weighted by atomic mass is 9.97. The van der Waals surface area contributed by atoms with Crippen LogP contribution in [0.2, 0.25) is 0 Å². The summed E-state index contributed by atoms with van der Waals surface area (Å²) in [6.07, 6.45) is 1.85. The first-order valence-electron chi connectivity index (χ1n) is 11.1. The molecule has 1 aromatic heterocycles. The van der Waals surface area contributed by atoms with E-state index in [4.69, 9.17) is 14.2 Å². The number of carbonyl (C=O) groups is 1. The SMILES string of the molecule is COc1cc(C(=O)/C(=C\c2ccc(C(C)C)cc2)c2nc3ccccc3[nH]2)cc(OC)c1OC. The predicted octanol–water partition coefficient (Wildman–Crippen LogP) is 6.14. The number of H-pyrrole nitrogens is 1. The summed E-state index contributed by atoms with van der Waals surface area (Å²) in [5.41, 5.74) is 4.62. The Labute approximate surface area is 199 Å². The number of Topliss-reactive ketones (excluding diaryl/α,β-unsaturated/α-hetero) is 1. The van der Waals surface area contributed by atoms with Crippen molar-refractivity contribution in [2.75, 3.05) is 21.3 Å². The van der Waals surface area contributed by atoms with E-state index in [0.29, 0.717) is 40.1 Å².